The maximum absolute atomic E-state index is 11.9. The van der Waals surface area contributed by atoms with Gasteiger partial charge in [-0.15, -0.1) is 0 Å². The Hall–Kier alpha value is -1.14. The lowest BCUT2D eigenvalue weighted by molar-refractivity contribution is 0.408. The molecule has 0 amide bonds. The molecule has 0 saturated heterocycles. The molecule has 0 unspecified atom stereocenters. The SMILES string of the molecule is O=S1(=O)NCN(C2CCCCC2)c2ccncc21. The van der Waals surface area contributed by atoms with Crippen LogP contribution >= 0.6 is 0 Å². The normalized spacial score (nSPS) is 23.7. The van der Waals surface area contributed by atoms with Crippen molar-refractivity contribution in [2.45, 2.75) is 43.0 Å². The molecule has 18 heavy (non-hydrogen) atoms. The Morgan fingerprint density at radius 2 is 2.06 bits per heavy atom. The van der Waals surface area contributed by atoms with Gasteiger partial charge in [-0.25, -0.2) is 8.42 Å². The molecular formula is C12H17N3O2S. The van der Waals surface area contributed by atoms with Crippen LogP contribution in [0, 0.1) is 0 Å². The lowest BCUT2D eigenvalue weighted by Gasteiger charge is -2.39. The molecule has 6 heteroatoms. The molecule has 0 atom stereocenters. The zero-order chi connectivity index (χ0) is 12.6. The molecule has 98 valence electrons. The van der Waals surface area contributed by atoms with Crippen molar-refractivity contribution < 1.29 is 8.42 Å². The predicted octanol–water partition coefficient (Wildman–Crippen LogP) is 1.47. The standard InChI is InChI=1S/C12H17N3O2S/c16-18(17)12-8-13-7-6-11(12)15(9-14-18)10-4-2-1-3-5-10/h6-8,10,14H,1-5,9H2. The Morgan fingerprint density at radius 1 is 1.28 bits per heavy atom. The van der Waals surface area contributed by atoms with E-state index in [-0.39, 0.29) is 0 Å². The van der Waals surface area contributed by atoms with E-state index in [1.165, 1.54) is 25.5 Å². The van der Waals surface area contributed by atoms with Crippen molar-refractivity contribution in [2.75, 3.05) is 11.6 Å². The Bertz CT molecular complexity index is 538. The van der Waals surface area contributed by atoms with Gasteiger partial charge in [0.05, 0.1) is 12.4 Å². The topological polar surface area (TPSA) is 62.3 Å². The third-order valence-corrected chi connectivity index (χ3v) is 5.20. The first-order chi connectivity index (χ1) is 8.68. The molecule has 5 nitrogen and oxygen atoms in total. The molecule has 1 saturated carbocycles. The molecule has 1 fully saturated rings. The minimum absolute atomic E-state index is 0.307. The summed E-state index contributed by atoms with van der Waals surface area (Å²) in [4.78, 5) is 6.41. The molecule has 1 aromatic heterocycles. The largest absolute Gasteiger partial charge is 0.354 e. The molecule has 1 aliphatic heterocycles. The zero-order valence-electron chi connectivity index (χ0n) is 10.2. The van der Waals surface area contributed by atoms with Gasteiger partial charge in [-0.2, -0.15) is 4.72 Å². The lowest BCUT2D eigenvalue weighted by atomic mass is 9.94. The van der Waals surface area contributed by atoms with Crippen LogP contribution in [0.4, 0.5) is 5.69 Å². The number of sulfonamides is 1. The highest BCUT2D eigenvalue weighted by molar-refractivity contribution is 7.89. The second-order valence-electron chi connectivity index (χ2n) is 4.91. The van der Waals surface area contributed by atoms with Gasteiger partial charge in [0.25, 0.3) is 0 Å². The van der Waals surface area contributed by atoms with Crippen LogP contribution in [-0.4, -0.2) is 26.1 Å². The highest BCUT2D eigenvalue weighted by Crippen LogP contribution is 2.33. The van der Waals surface area contributed by atoms with E-state index in [1.807, 2.05) is 6.07 Å². The molecule has 0 bridgehead atoms. The summed E-state index contributed by atoms with van der Waals surface area (Å²) in [5, 5.41) is 0. The fraction of sp³-hybridized carbons (Fsp3) is 0.583. The van der Waals surface area contributed by atoms with Gasteiger partial charge in [-0.05, 0) is 18.9 Å². The second-order valence-corrected chi connectivity index (χ2v) is 6.65. The van der Waals surface area contributed by atoms with E-state index < -0.39 is 10.0 Å². The number of aromatic nitrogens is 1. The van der Waals surface area contributed by atoms with Crippen molar-refractivity contribution in [1.29, 1.82) is 0 Å². The number of pyridine rings is 1. The smallest absolute Gasteiger partial charge is 0.245 e. The predicted molar refractivity (Wildman–Crippen MR) is 68.8 cm³/mol. The molecule has 2 aliphatic rings. The number of anilines is 1. The number of fused-ring (bicyclic) bond motifs is 1. The van der Waals surface area contributed by atoms with Gasteiger partial charge < -0.3 is 4.90 Å². The molecule has 3 rings (SSSR count). The van der Waals surface area contributed by atoms with Crippen LogP contribution in [0.2, 0.25) is 0 Å². The monoisotopic (exact) mass is 267 g/mol. The molecule has 1 aliphatic carbocycles. The van der Waals surface area contributed by atoms with Gasteiger partial charge in [0.15, 0.2) is 0 Å². The second kappa shape index (κ2) is 4.51. The maximum atomic E-state index is 11.9. The quantitative estimate of drug-likeness (QED) is 0.837. The van der Waals surface area contributed by atoms with Crippen molar-refractivity contribution in [3.05, 3.63) is 18.5 Å². The number of nitrogens with one attached hydrogen (secondary N) is 1. The third-order valence-electron chi connectivity index (χ3n) is 3.80. The summed E-state index contributed by atoms with van der Waals surface area (Å²) in [7, 11) is -3.37. The van der Waals surface area contributed by atoms with Gasteiger partial charge in [0.1, 0.15) is 4.90 Å². The average Bonchev–Trinajstić information content (AvgIpc) is 2.40. The Balaban J connectivity index is 1.99. The molecule has 0 spiro atoms. The Morgan fingerprint density at radius 3 is 2.83 bits per heavy atom. The first kappa shape index (κ1) is 11.9. The third kappa shape index (κ3) is 1.99. The maximum Gasteiger partial charge on any atom is 0.245 e. The molecular weight excluding hydrogens is 250 g/mol. The van der Waals surface area contributed by atoms with Gasteiger partial charge >= 0.3 is 0 Å². The summed E-state index contributed by atoms with van der Waals surface area (Å²) >= 11 is 0. The van der Waals surface area contributed by atoms with E-state index in [4.69, 9.17) is 0 Å². The van der Waals surface area contributed by atoms with Crippen molar-refractivity contribution in [3.8, 4) is 0 Å². The summed E-state index contributed by atoms with van der Waals surface area (Å²) in [5.74, 6) is 0. The number of rotatable bonds is 1. The van der Waals surface area contributed by atoms with E-state index in [1.54, 1.807) is 6.20 Å². The summed E-state index contributed by atoms with van der Waals surface area (Å²) in [6.45, 7) is 0.379. The fourth-order valence-electron chi connectivity index (χ4n) is 2.85. The number of hydrogen-bond acceptors (Lipinski definition) is 4. The van der Waals surface area contributed by atoms with Gasteiger partial charge in [0.2, 0.25) is 10.0 Å². The first-order valence-corrected chi connectivity index (χ1v) is 7.87. The number of nitrogens with zero attached hydrogens (tertiary/aromatic N) is 2. The van der Waals surface area contributed by atoms with Gasteiger partial charge in [-0.3, -0.25) is 4.98 Å². The van der Waals surface area contributed by atoms with Gasteiger partial charge in [-0.1, -0.05) is 19.3 Å². The van der Waals surface area contributed by atoms with E-state index in [0.717, 1.165) is 18.5 Å². The van der Waals surface area contributed by atoms with Gasteiger partial charge in [0, 0.05) is 18.4 Å². The summed E-state index contributed by atoms with van der Waals surface area (Å²) < 4.78 is 26.5. The summed E-state index contributed by atoms with van der Waals surface area (Å²) in [6.07, 6.45) is 9.14. The van der Waals surface area contributed by atoms with E-state index in [0.29, 0.717) is 17.6 Å². The molecule has 2 heterocycles. The highest BCUT2D eigenvalue weighted by atomic mass is 32.2. The van der Waals surface area contributed by atoms with Crippen LogP contribution in [0.1, 0.15) is 32.1 Å². The minimum atomic E-state index is -3.37. The van der Waals surface area contributed by atoms with Crippen LogP contribution in [0.15, 0.2) is 23.4 Å². The number of hydrogen-bond donors (Lipinski definition) is 1. The van der Waals surface area contributed by atoms with Crippen molar-refractivity contribution in [3.63, 3.8) is 0 Å². The molecule has 1 N–H and O–H groups in total. The minimum Gasteiger partial charge on any atom is -0.354 e. The van der Waals surface area contributed by atoms with Crippen molar-refractivity contribution >= 4 is 15.7 Å². The van der Waals surface area contributed by atoms with E-state index in [2.05, 4.69) is 14.6 Å². The molecule has 0 aromatic carbocycles. The molecule has 1 aromatic rings. The van der Waals surface area contributed by atoms with Crippen LogP contribution < -0.4 is 9.62 Å². The summed E-state index contributed by atoms with van der Waals surface area (Å²) in [6, 6.07) is 2.25. The van der Waals surface area contributed by atoms with E-state index in [9.17, 15) is 8.42 Å². The van der Waals surface area contributed by atoms with E-state index >= 15 is 0 Å². The van der Waals surface area contributed by atoms with Crippen LogP contribution in [0.3, 0.4) is 0 Å². The Labute approximate surface area is 107 Å². The van der Waals surface area contributed by atoms with Crippen LogP contribution in [0.5, 0.6) is 0 Å². The van der Waals surface area contributed by atoms with Crippen LogP contribution in [0.25, 0.3) is 0 Å². The highest BCUT2D eigenvalue weighted by Gasteiger charge is 2.32. The first-order valence-electron chi connectivity index (χ1n) is 6.39. The summed E-state index contributed by atoms with van der Waals surface area (Å²) in [5.41, 5.74) is 0.802. The zero-order valence-corrected chi connectivity index (χ0v) is 11.0. The average molecular weight is 267 g/mol. The Kier molecular flexibility index (Phi) is 2.99. The fourth-order valence-corrected chi connectivity index (χ4v) is 3.98. The lowest BCUT2D eigenvalue weighted by Crippen LogP contribution is -2.48. The van der Waals surface area contributed by atoms with Crippen LogP contribution in [-0.2, 0) is 10.0 Å². The molecule has 0 radical (unpaired) electrons. The van der Waals surface area contributed by atoms with Crippen molar-refractivity contribution in [2.24, 2.45) is 0 Å². The van der Waals surface area contributed by atoms with Crippen molar-refractivity contribution in [1.82, 2.24) is 9.71 Å².